The molecule has 5 nitrogen and oxygen atoms in total. The van der Waals surface area contributed by atoms with Crippen molar-refractivity contribution in [1.29, 1.82) is 0 Å². The first-order valence-electron chi connectivity index (χ1n) is 24.4. The molecule has 0 spiro atoms. The third-order valence-corrected chi connectivity index (χ3v) is 14.2. The standard InChI is InChI=1S/C67H43N5/c1-4-18-44(19-5-1)48-36-38-53(64(43-48)72-61-30-16-12-26-56(61)57-27-13-17-31-62(57)72)49-34-32-45-33-35-50(41-52(45)40-49)66-68-65(47-22-8-3-9-23-47)69-67(70-66)51-37-39-63(58(42-51)46-20-6-2-7-21-46)71-59-28-14-10-24-54(59)55-25-11-15-29-60(55)71/h1-43H. The minimum Gasteiger partial charge on any atom is -0.309 e. The lowest BCUT2D eigenvalue weighted by Gasteiger charge is -2.17. The van der Waals surface area contributed by atoms with E-state index < -0.39 is 0 Å². The first-order chi connectivity index (χ1) is 35.7. The number of benzene rings is 11. The van der Waals surface area contributed by atoms with Crippen LogP contribution in [0.1, 0.15) is 0 Å². The monoisotopic (exact) mass is 917 g/mol. The molecule has 3 aromatic heterocycles. The van der Waals surface area contributed by atoms with Crippen LogP contribution in [0, 0.1) is 0 Å². The molecule has 72 heavy (non-hydrogen) atoms. The minimum atomic E-state index is 0.605. The van der Waals surface area contributed by atoms with Gasteiger partial charge in [-0.2, -0.15) is 0 Å². The topological polar surface area (TPSA) is 48.5 Å². The Kier molecular flexibility index (Phi) is 9.78. The summed E-state index contributed by atoms with van der Waals surface area (Å²) in [6.45, 7) is 0. The Bertz CT molecular complexity index is 4270. The highest BCUT2D eigenvalue weighted by atomic mass is 15.0. The Morgan fingerprint density at radius 1 is 0.222 bits per heavy atom. The van der Waals surface area contributed by atoms with E-state index in [1.807, 2.05) is 18.2 Å². The summed E-state index contributed by atoms with van der Waals surface area (Å²) in [7, 11) is 0. The Labute approximate surface area is 416 Å². The normalized spacial score (nSPS) is 11.6. The lowest BCUT2D eigenvalue weighted by molar-refractivity contribution is 1.07. The van der Waals surface area contributed by atoms with Crippen LogP contribution in [0.4, 0.5) is 0 Å². The van der Waals surface area contributed by atoms with E-state index in [0.29, 0.717) is 17.5 Å². The third-order valence-electron chi connectivity index (χ3n) is 14.2. The summed E-state index contributed by atoms with van der Waals surface area (Å²) in [4.78, 5) is 15.8. The van der Waals surface area contributed by atoms with Crippen LogP contribution in [0.5, 0.6) is 0 Å². The van der Waals surface area contributed by atoms with E-state index >= 15 is 0 Å². The van der Waals surface area contributed by atoms with Gasteiger partial charge in [-0.1, -0.05) is 200 Å². The summed E-state index contributed by atoms with van der Waals surface area (Å²) in [5.41, 5.74) is 16.4. The summed E-state index contributed by atoms with van der Waals surface area (Å²) in [6, 6.07) is 93.1. The molecule has 0 aliphatic carbocycles. The van der Waals surface area contributed by atoms with Gasteiger partial charge in [0.15, 0.2) is 17.5 Å². The molecule has 5 heteroatoms. The third kappa shape index (κ3) is 6.98. The molecule has 0 saturated heterocycles. The van der Waals surface area contributed by atoms with E-state index in [4.69, 9.17) is 15.0 Å². The van der Waals surface area contributed by atoms with Gasteiger partial charge in [0.1, 0.15) is 0 Å². The molecule has 0 saturated carbocycles. The fourth-order valence-electron chi connectivity index (χ4n) is 10.8. The smallest absolute Gasteiger partial charge is 0.164 e. The van der Waals surface area contributed by atoms with Gasteiger partial charge >= 0.3 is 0 Å². The minimum absolute atomic E-state index is 0.605. The van der Waals surface area contributed by atoms with Crippen molar-refractivity contribution in [2.75, 3.05) is 0 Å². The second-order valence-electron chi connectivity index (χ2n) is 18.4. The number of hydrogen-bond donors (Lipinski definition) is 0. The molecule has 0 unspecified atom stereocenters. The maximum atomic E-state index is 5.33. The van der Waals surface area contributed by atoms with Crippen LogP contribution >= 0.6 is 0 Å². The number of nitrogens with zero attached hydrogens (tertiary/aromatic N) is 5. The van der Waals surface area contributed by atoms with Crippen molar-refractivity contribution < 1.29 is 0 Å². The van der Waals surface area contributed by atoms with E-state index in [9.17, 15) is 0 Å². The molecule has 0 amide bonds. The van der Waals surface area contributed by atoms with E-state index in [1.165, 1.54) is 38.1 Å². The Hall–Kier alpha value is -9.71. The molecular formula is C67H43N5. The van der Waals surface area contributed by atoms with Gasteiger partial charge in [0.2, 0.25) is 0 Å². The Morgan fingerprint density at radius 3 is 1.18 bits per heavy atom. The second kappa shape index (κ2) is 17.1. The van der Waals surface area contributed by atoms with Gasteiger partial charge in [-0.3, -0.25) is 0 Å². The largest absolute Gasteiger partial charge is 0.309 e. The number of rotatable bonds is 8. The molecule has 14 aromatic rings. The summed E-state index contributed by atoms with van der Waals surface area (Å²) < 4.78 is 4.82. The molecule has 0 N–H and O–H groups in total. The molecule has 0 fully saturated rings. The lowest BCUT2D eigenvalue weighted by Crippen LogP contribution is -2.02. The van der Waals surface area contributed by atoms with Gasteiger partial charge in [-0.05, 0) is 93.7 Å². The van der Waals surface area contributed by atoms with Gasteiger partial charge < -0.3 is 9.13 Å². The molecule has 0 bridgehead atoms. The first-order valence-corrected chi connectivity index (χ1v) is 24.4. The quantitative estimate of drug-likeness (QED) is 0.153. The Balaban J connectivity index is 0.932. The van der Waals surface area contributed by atoms with Crippen molar-refractivity contribution in [3.63, 3.8) is 0 Å². The molecule has 0 aliphatic rings. The molecule has 0 atom stereocenters. The number of hydrogen-bond acceptors (Lipinski definition) is 3. The van der Waals surface area contributed by atoms with Crippen molar-refractivity contribution >= 4 is 54.4 Å². The highest BCUT2D eigenvalue weighted by molar-refractivity contribution is 6.11. The predicted octanol–water partition coefficient (Wildman–Crippen LogP) is 17.2. The van der Waals surface area contributed by atoms with Crippen LogP contribution in [0.3, 0.4) is 0 Å². The zero-order chi connectivity index (χ0) is 47.5. The second-order valence-corrected chi connectivity index (χ2v) is 18.4. The zero-order valence-electron chi connectivity index (χ0n) is 39.1. The molecule has 0 radical (unpaired) electrons. The zero-order valence-corrected chi connectivity index (χ0v) is 39.1. The molecule has 11 aromatic carbocycles. The SMILES string of the molecule is c1ccc(-c2ccc(-c3ccc4ccc(-c5nc(-c6ccccc6)nc(-c6ccc(-n7c8ccccc8c8ccccc87)c(-c7ccccc7)c6)n5)cc4c3)c(-n3c4ccccc4c4ccccc43)c2)cc1. The number of aromatic nitrogens is 5. The first kappa shape index (κ1) is 41.3. The molecule has 14 rings (SSSR count). The Morgan fingerprint density at radius 2 is 0.625 bits per heavy atom. The van der Waals surface area contributed by atoms with E-state index in [-0.39, 0.29) is 0 Å². The fourth-order valence-corrected chi connectivity index (χ4v) is 10.8. The molecule has 3 heterocycles. The fraction of sp³-hybridized carbons (Fsp3) is 0. The predicted molar refractivity (Wildman–Crippen MR) is 299 cm³/mol. The van der Waals surface area contributed by atoms with Crippen molar-refractivity contribution in [2.45, 2.75) is 0 Å². The molecule has 0 aliphatic heterocycles. The van der Waals surface area contributed by atoms with Crippen LogP contribution < -0.4 is 0 Å². The van der Waals surface area contributed by atoms with E-state index in [1.54, 1.807) is 0 Å². The van der Waals surface area contributed by atoms with Crippen LogP contribution in [-0.2, 0) is 0 Å². The van der Waals surface area contributed by atoms with Crippen molar-refractivity contribution in [1.82, 2.24) is 24.1 Å². The van der Waals surface area contributed by atoms with Gasteiger partial charge in [-0.15, -0.1) is 0 Å². The summed E-state index contributed by atoms with van der Waals surface area (Å²) in [5.74, 6) is 1.83. The highest BCUT2D eigenvalue weighted by Gasteiger charge is 2.21. The van der Waals surface area contributed by atoms with Crippen LogP contribution in [0.15, 0.2) is 261 Å². The van der Waals surface area contributed by atoms with Crippen LogP contribution in [-0.4, -0.2) is 24.1 Å². The summed E-state index contributed by atoms with van der Waals surface area (Å²) in [5, 5.41) is 7.13. The molecule has 336 valence electrons. The van der Waals surface area contributed by atoms with Gasteiger partial charge in [0, 0.05) is 49.4 Å². The number of fused-ring (bicyclic) bond motifs is 7. The van der Waals surface area contributed by atoms with E-state index in [0.717, 1.165) is 77.7 Å². The maximum absolute atomic E-state index is 5.33. The van der Waals surface area contributed by atoms with Gasteiger partial charge in [0.05, 0.1) is 33.4 Å². The van der Waals surface area contributed by atoms with Crippen LogP contribution in [0.25, 0.3) is 133 Å². The number of para-hydroxylation sites is 4. The average Bonchev–Trinajstić information content (AvgIpc) is 3.98. The molecular weight excluding hydrogens is 875 g/mol. The lowest BCUT2D eigenvalue weighted by atomic mass is 9.95. The van der Waals surface area contributed by atoms with Crippen molar-refractivity contribution in [3.05, 3.63) is 261 Å². The van der Waals surface area contributed by atoms with Crippen LogP contribution in [0.2, 0.25) is 0 Å². The maximum Gasteiger partial charge on any atom is 0.164 e. The summed E-state index contributed by atoms with van der Waals surface area (Å²) in [6.07, 6.45) is 0. The van der Waals surface area contributed by atoms with Gasteiger partial charge in [0.25, 0.3) is 0 Å². The van der Waals surface area contributed by atoms with Crippen molar-refractivity contribution in [2.24, 2.45) is 0 Å². The van der Waals surface area contributed by atoms with Gasteiger partial charge in [-0.25, -0.2) is 15.0 Å². The summed E-state index contributed by atoms with van der Waals surface area (Å²) >= 11 is 0. The highest BCUT2D eigenvalue weighted by Crippen LogP contribution is 2.41. The van der Waals surface area contributed by atoms with E-state index in [2.05, 4.69) is 252 Å². The van der Waals surface area contributed by atoms with Crippen molar-refractivity contribution in [3.8, 4) is 78.9 Å². The average molecular weight is 918 g/mol.